The highest BCUT2D eigenvalue weighted by Gasteiger charge is 2.29. The second-order valence-electron chi connectivity index (χ2n) is 6.77. The van der Waals surface area contributed by atoms with Crippen molar-refractivity contribution in [2.45, 2.75) is 25.2 Å². The molecule has 3 heteroatoms. The number of hydrogen-bond donors (Lipinski definition) is 1. The predicted molar refractivity (Wildman–Crippen MR) is 89.3 cm³/mol. The number of nitrogens with one attached hydrogen (secondary N) is 1. The first-order valence-corrected chi connectivity index (χ1v) is 8.70. The summed E-state index contributed by atoms with van der Waals surface area (Å²) in [6.45, 7) is 7.36. The molecule has 0 amide bonds. The molecule has 0 radical (unpaired) electrons. The average molecular weight is 298 g/mol. The van der Waals surface area contributed by atoms with Crippen LogP contribution < -0.4 is 5.32 Å². The molecule has 1 N–H and O–H groups in total. The van der Waals surface area contributed by atoms with E-state index >= 15 is 0 Å². The van der Waals surface area contributed by atoms with E-state index in [2.05, 4.69) is 34.5 Å². The zero-order chi connectivity index (χ0) is 14.8. The Morgan fingerprint density at radius 3 is 2.73 bits per heavy atom. The van der Waals surface area contributed by atoms with Crippen molar-refractivity contribution in [3.05, 3.63) is 46.5 Å². The van der Waals surface area contributed by atoms with E-state index in [0.29, 0.717) is 5.92 Å². The Labute approximate surface area is 133 Å². The van der Waals surface area contributed by atoms with Gasteiger partial charge in [0.1, 0.15) is 0 Å². The maximum Gasteiger partial charge on any atom is 0.0594 e. The van der Waals surface area contributed by atoms with Crippen LogP contribution in [0, 0.1) is 0 Å². The summed E-state index contributed by atoms with van der Waals surface area (Å²) in [5, 5.41) is 3.50. The lowest BCUT2D eigenvalue weighted by Crippen LogP contribution is -2.37. The van der Waals surface area contributed by atoms with Gasteiger partial charge in [-0.3, -0.25) is 4.90 Å². The molecule has 1 saturated heterocycles. The van der Waals surface area contributed by atoms with Crippen LogP contribution in [0.3, 0.4) is 0 Å². The minimum absolute atomic E-state index is 0.679. The first-order chi connectivity index (χ1) is 10.9. The number of rotatable bonds is 4. The highest BCUT2D eigenvalue weighted by Crippen LogP contribution is 2.40. The number of morpholine rings is 1. The molecule has 2 heterocycles. The zero-order valence-corrected chi connectivity index (χ0v) is 13.3. The summed E-state index contributed by atoms with van der Waals surface area (Å²) in [5.41, 5.74) is 6.35. The van der Waals surface area contributed by atoms with Crippen molar-refractivity contribution in [2.75, 3.05) is 45.9 Å². The van der Waals surface area contributed by atoms with Crippen LogP contribution in [0.2, 0.25) is 0 Å². The molecule has 1 fully saturated rings. The van der Waals surface area contributed by atoms with Gasteiger partial charge in [-0.1, -0.05) is 29.8 Å². The van der Waals surface area contributed by atoms with Crippen LogP contribution in [0.25, 0.3) is 0 Å². The van der Waals surface area contributed by atoms with Crippen LogP contribution in [0.1, 0.15) is 29.9 Å². The van der Waals surface area contributed by atoms with Gasteiger partial charge in [-0.15, -0.1) is 0 Å². The van der Waals surface area contributed by atoms with E-state index in [1.807, 2.05) is 0 Å². The quantitative estimate of drug-likeness (QED) is 0.864. The average Bonchev–Trinajstić information content (AvgIpc) is 3.18. The third-order valence-corrected chi connectivity index (χ3v) is 5.47. The smallest absolute Gasteiger partial charge is 0.0594 e. The second-order valence-corrected chi connectivity index (χ2v) is 6.77. The highest BCUT2D eigenvalue weighted by molar-refractivity contribution is 5.40. The number of nitrogens with zero attached hydrogens (tertiary/aromatic N) is 1. The molecule has 1 aromatic carbocycles. The van der Waals surface area contributed by atoms with Crippen LogP contribution in [-0.2, 0) is 11.2 Å². The Hall–Kier alpha value is -1.16. The van der Waals surface area contributed by atoms with Crippen molar-refractivity contribution in [2.24, 2.45) is 0 Å². The third kappa shape index (κ3) is 2.98. The Kier molecular flexibility index (Phi) is 4.28. The summed E-state index contributed by atoms with van der Waals surface area (Å²) < 4.78 is 5.41. The molecule has 3 nitrogen and oxygen atoms in total. The van der Waals surface area contributed by atoms with Crippen molar-refractivity contribution < 1.29 is 4.74 Å². The predicted octanol–water partition coefficient (Wildman–Crippen LogP) is 2.34. The Morgan fingerprint density at radius 1 is 1.09 bits per heavy atom. The van der Waals surface area contributed by atoms with E-state index in [1.54, 1.807) is 11.1 Å². The Morgan fingerprint density at radius 2 is 1.91 bits per heavy atom. The molecule has 2 aliphatic heterocycles. The summed E-state index contributed by atoms with van der Waals surface area (Å²) >= 11 is 0. The summed E-state index contributed by atoms with van der Waals surface area (Å²) in [7, 11) is 0. The fraction of sp³-hybridized carbons (Fsp3) is 0.579. The van der Waals surface area contributed by atoms with Crippen LogP contribution in [0.5, 0.6) is 0 Å². The van der Waals surface area contributed by atoms with Gasteiger partial charge in [0.15, 0.2) is 0 Å². The number of benzene rings is 1. The van der Waals surface area contributed by atoms with E-state index in [0.717, 1.165) is 52.4 Å². The van der Waals surface area contributed by atoms with Crippen LogP contribution in [0.15, 0.2) is 35.4 Å². The molecule has 3 aliphatic rings. The van der Waals surface area contributed by atoms with Gasteiger partial charge in [0, 0.05) is 38.6 Å². The van der Waals surface area contributed by atoms with Gasteiger partial charge in [-0.2, -0.15) is 0 Å². The third-order valence-electron chi connectivity index (χ3n) is 5.47. The molecule has 1 aliphatic carbocycles. The summed E-state index contributed by atoms with van der Waals surface area (Å²) in [6, 6.07) is 9.43. The van der Waals surface area contributed by atoms with Gasteiger partial charge in [0.2, 0.25) is 0 Å². The fourth-order valence-corrected chi connectivity index (χ4v) is 4.09. The molecular formula is C19H26N2O. The van der Waals surface area contributed by atoms with Gasteiger partial charge < -0.3 is 10.1 Å². The van der Waals surface area contributed by atoms with E-state index < -0.39 is 0 Å². The van der Waals surface area contributed by atoms with Gasteiger partial charge in [0.05, 0.1) is 13.2 Å². The molecule has 0 unspecified atom stereocenters. The fourth-order valence-electron chi connectivity index (χ4n) is 4.09. The first kappa shape index (κ1) is 14.4. The Balaban J connectivity index is 1.36. The normalized spacial score (nSPS) is 25.7. The van der Waals surface area contributed by atoms with Crippen molar-refractivity contribution in [3.63, 3.8) is 0 Å². The Bertz CT molecular complexity index is 543. The SMILES string of the molecule is c1cc([C@H]2CCC3=C2CNC3)ccc1CCN1CCOCC1. The maximum atomic E-state index is 5.41. The highest BCUT2D eigenvalue weighted by atomic mass is 16.5. The zero-order valence-electron chi connectivity index (χ0n) is 13.3. The monoisotopic (exact) mass is 298 g/mol. The van der Waals surface area contributed by atoms with Crippen molar-refractivity contribution in [3.8, 4) is 0 Å². The van der Waals surface area contributed by atoms with Gasteiger partial charge in [-0.05, 0) is 36.0 Å². The number of ether oxygens (including phenoxy) is 1. The molecule has 0 bridgehead atoms. The minimum atomic E-state index is 0.679. The van der Waals surface area contributed by atoms with Crippen LogP contribution >= 0.6 is 0 Å². The molecule has 0 saturated carbocycles. The molecule has 118 valence electrons. The lowest BCUT2D eigenvalue weighted by molar-refractivity contribution is 0.0384. The standard InChI is InChI=1S/C19H26N2O/c1-3-16(18-6-5-17-13-20-14-19(17)18)4-2-15(1)7-8-21-9-11-22-12-10-21/h1-4,18,20H,5-14H2/t18-/m1/s1. The van der Waals surface area contributed by atoms with E-state index in [9.17, 15) is 0 Å². The maximum absolute atomic E-state index is 5.41. The summed E-state index contributed by atoms with van der Waals surface area (Å²) in [5.74, 6) is 0.679. The topological polar surface area (TPSA) is 24.5 Å². The van der Waals surface area contributed by atoms with E-state index in [-0.39, 0.29) is 0 Å². The lowest BCUT2D eigenvalue weighted by Gasteiger charge is -2.26. The van der Waals surface area contributed by atoms with E-state index in [4.69, 9.17) is 4.74 Å². The van der Waals surface area contributed by atoms with Crippen molar-refractivity contribution in [1.29, 1.82) is 0 Å². The van der Waals surface area contributed by atoms with Crippen LogP contribution in [0.4, 0.5) is 0 Å². The molecule has 22 heavy (non-hydrogen) atoms. The second kappa shape index (κ2) is 6.53. The van der Waals surface area contributed by atoms with Crippen LogP contribution in [-0.4, -0.2) is 50.8 Å². The van der Waals surface area contributed by atoms with E-state index in [1.165, 1.54) is 24.0 Å². The number of hydrogen-bond acceptors (Lipinski definition) is 3. The summed E-state index contributed by atoms with van der Waals surface area (Å²) in [4.78, 5) is 2.51. The van der Waals surface area contributed by atoms with Crippen molar-refractivity contribution >= 4 is 0 Å². The largest absolute Gasteiger partial charge is 0.379 e. The molecule has 1 aromatic rings. The molecule has 0 aromatic heterocycles. The van der Waals surface area contributed by atoms with Gasteiger partial charge >= 0.3 is 0 Å². The van der Waals surface area contributed by atoms with Gasteiger partial charge in [0.25, 0.3) is 0 Å². The molecular weight excluding hydrogens is 272 g/mol. The lowest BCUT2D eigenvalue weighted by atomic mass is 9.91. The minimum Gasteiger partial charge on any atom is -0.379 e. The molecule has 4 rings (SSSR count). The van der Waals surface area contributed by atoms with Gasteiger partial charge in [-0.25, -0.2) is 0 Å². The summed E-state index contributed by atoms with van der Waals surface area (Å²) in [6.07, 6.45) is 3.77. The first-order valence-electron chi connectivity index (χ1n) is 8.70. The molecule has 0 spiro atoms. The van der Waals surface area contributed by atoms with Crippen molar-refractivity contribution in [1.82, 2.24) is 10.2 Å². The molecule has 1 atom stereocenters.